The summed E-state index contributed by atoms with van der Waals surface area (Å²) in [6, 6.07) is 0. The van der Waals surface area contributed by atoms with E-state index in [-0.39, 0.29) is 31.1 Å². The Morgan fingerprint density at radius 3 is 0.792 bits per heavy atom. The summed E-state index contributed by atoms with van der Waals surface area (Å²) in [4.78, 5) is 38.3. The number of hydrogen-bond donors (Lipinski definition) is 0. The third kappa shape index (κ3) is 64.1. The number of esters is 3. The molecule has 0 aromatic heterocycles. The zero-order valence-electron chi connectivity index (χ0n) is 51.7. The predicted molar refractivity (Wildman–Crippen MR) is 335 cm³/mol. The fourth-order valence-electron chi connectivity index (χ4n) is 10.3. The van der Waals surface area contributed by atoms with Gasteiger partial charge in [-0.1, -0.05) is 339 Å². The molecule has 0 aliphatic heterocycles. The first-order valence-electron chi connectivity index (χ1n) is 34.1. The van der Waals surface area contributed by atoms with Gasteiger partial charge in [0.05, 0.1) is 0 Å². The van der Waals surface area contributed by atoms with Gasteiger partial charge in [-0.05, 0) is 57.8 Å². The summed E-state index contributed by atoms with van der Waals surface area (Å²) >= 11 is 0. The Bertz CT molecular complexity index is 1330. The summed E-state index contributed by atoms with van der Waals surface area (Å²) in [6.07, 6.45) is 82.9. The van der Waals surface area contributed by atoms with Crippen molar-refractivity contribution in [1.82, 2.24) is 0 Å². The van der Waals surface area contributed by atoms with Crippen molar-refractivity contribution in [1.29, 1.82) is 0 Å². The molecule has 77 heavy (non-hydrogen) atoms. The van der Waals surface area contributed by atoms with Crippen LogP contribution in [0.25, 0.3) is 0 Å². The van der Waals surface area contributed by atoms with Gasteiger partial charge in [-0.2, -0.15) is 0 Å². The summed E-state index contributed by atoms with van der Waals surface area (Å²) in [6.45, 7) is 6.58. The fraction of sp³-hybridized carbons (Fsp3) is 0.845. The van der Waals surface area contributed by atoms with Gasteiger partial charge in [0.1, 0.15) is 13.2 Å². The van der Waals surface area contributed by atoms with E-state index >= 15 is 0 Å². The molecule has 0 saturated carbocycles. The highest BCUT2D eigenvalue weighted by molar-refractivity contribution is 5.71. The second kappa shape index (κ2) is 65.9. The van der Waals surface area contributed by atoms with Crippen molar-refractivity contribution in [3.05, 3.63) is 48.6 Å². The topological polar surface area (TPSA) is 78.9 Å². The third-order valence-electron chi connectivity index (χ3n) is 15.3. The second-order valence-corrected chi connectivity index (χ2v) is 23.1. The molecular weight excluding hydrogens is 949 g/mol. The average Bonchev–Trinajstić information content (AvgIpc) is 3.43. The molecule has 0 fully saturated rings. The van der Waals surface area contributed by atoms with Crippen LogP contribution in [-0.2, 0) is 28.6 Å². The normalized spacial score (nSPS) is 12.3. The summed E-state index contributed by atoms with van der Waals surface area (Å²) in [5, 5.41) is 0. The Hall–Kier alpha value is -2.63. The maximum Gasteiger partial charge on any atom is 0.306 e. The van der Waals surface area contributed by atoms with E-state index in [2.05, 4.69) is 69.4 Å². The molecule has 0 saturated heterocycles. The molecule has 0 aromatic carbocycles. The number of allylic oxidation sites excluding steroid dienone is 8. The van der Waals surface area contributed by atoms with Gasteiger partial charge in [0, 0.05) is 19.3 Å². The number of carbonyl (C=O) groups is 3. The van der Waals surface area contributed by atoms with Crippen molar-refractivity contribution < 1.29 is 28.6 Å². The summed E-state index contributed by atoms with van der Waals surface area (Å²) in [7, 11) is 0. The summed E-state index contributed by atoms with van der Waals surface area (Å²) in [5.74, 6) is -0.841. The first-order chi connectivity index (χ1) is 38.0. The van der Waals surface area contributed by atoms with Crippen LogP contribution in [0.5, 0.6) is 0 Å². The highest BCUT2D eigenvalue weighted by Crippen LogP contribution is 2.18. The Labute approximate surface area is 479 Å². The molecule has 0 aromatic rings. The van der Waals surface area contributed by atoms with Crippen molar-refractivity contribution in [2.24, 2.45) is 0 Å². The van der Waals surface area contributed by atoms with Crippen LogP contribution >= 0.6 is 0 Å². The van der Waals surface area contributed by atoms with Gasteiger partial charge in [-0.15, -0.1) is 0 Å². The molecule has 0 heterocycles. The van der Waals surface area contributed by atoms with Crippen LogP contribution in [0.2, 0.25) is 0 Å². The molecule has 6 heteroatoms. The SMILES string of the molecule is CC/C=C\C/C=C\C/C=C\C/C=C\CCCCCCCCCCCCCCCCCCC(=O)OCC(COC(=O)CCCCCCCCCCCC)OC(=O)CCCCCCCCCCCCCCCCCCCCCC. The molecular formula is C71H130O6. The molecule has 0 amide bonds. The highest BCUT2D eigenvalue weighted by Gasteiger charge is 2.19. The Kier molecular flexibility index (Phi) is 63.6. The van der Waals surface area contributed by atoms with Crippen LogP contribution in [0.15, 0.2) is 48.6 Å². The lowest BCUT2D eigenvalue weighted by Crippen LogP contribution is -2.30. The van der Waals surface area contributed by atoms with Crippen molar-refractivity contribution in [3.8, 4) is 0 Å². The van der Waals surface area contributed by atoms with E-state index < -0.39 is 6.10 Å². The Morgan fingerprint density at radius 1 is 0.273 bits per heavy atom. The molecule has 1 atom stereocenters. The molecule has 0 rings (SSSR count). The average molecular weight is 1080 g/mol. The van der Waals surface area contributed by atoms with Gasteiger partial charge in [0.2, 0.25) is 0 Å². The van der Waals surface area contributed by atoms with Crippen LogP contribution in [-0.4, -0.2) is 37.2 Å². The van der Waals surface area contributed by atoms with E-state index in [0.717, 1.165) is 83.5 Å². The van der Waals surface area contributed by atoms with Crippen LogP contribution in [0.3, 0.4) is 0 Å². The zero-order valence-corrected chi connectivity index (χ0v) is 51.7. The van der Waals surface area contributed by atoms with E-state index in [0.29, 0.717) is 19.3 Å². The van der Waals surface area contributed by atoms with E-state index in [9.17, 15) is 14.4 Å². The van der Waals surface area contributed by atoms with Crippen LogP contribution < -0.4 is 0 Å². The lowest BCUT2D eigenvalue weighted by molar-refractivity contribution is -0.167. The Balaban J connectivity index is 4.13. The molecule has 6 nitrogen and oxygen atoms in total. The lowest BCUT2D eigenvalue weighted by atomic mass is 10.0. The molecule has 450 valence electrons. The number of hydrogen-bond acceptors (Lipinski definition) is 6. The predicted octanol–water partition coefficient (Wildman–Crippen LogP) is 23.3. The number of rotatable bonds is 63. The highest BCUT2D eigenvalue weighted by atomic mass is 16.6. The minimum absolute atomic E-state index is 0.0660. The maximum absolute atomic E-state index is 12.9. The first-order valence-corrected chi connectivity index (χ1v) is 34.1. The van der Waals surface area contributed by atoms with E-state index in [1.54, 1.807) is 0 Å². The minimum atomic E-state index is -0.768. The number of ether oxygens (including phenoxy) is 3. The molecule has 0 spiro atoms. The second-order valence-electron chi connectivity index (χ2n) is 23.1. The van der Waals surface area contributed by atoms with Gasteiger partial charge in [0.25, 0.3) is 0 Å². The van der Waals surface area contributed by atoms with E-state index in [4.69, 9.17) is 14.2 Å². The van der Waals surface area contributed by atoms with Crippen molar-refractivity contribution in [2.75, 3.05) is 13.2 Å². The Morgan fingerprint density at radius 2 is 0.506 bits per heavy atom. The number of unbranched alkanes of at least 4 members (excludes halogenated alkanes) is 44. The van der Waals surface area contributed by atoms with Gasteiger partial charge < -0.3 is 14.2 Å². The molecule has 0 aliphatic carbocycles. The van der Waals surface area contributed by atoms with Crippen molar-refractivity contribution in [3.63, 3.8) is 0 Å². The van der Waals surface area contributed by atoms with E-state index in [1.807, 2.05) is 0 Å². The molecule has 0 aliphatic rings. The quantitative estimate of drug-likeness (QED) is 0.0261. The van der Waals surface area contributed by atoms with Crippen LogP contribution in [0.1, 0.15) is 367 Å². The summed E-state index contributed by atoms with van der Waals surface area (Å²) < 4.78 is 16.9. The zero-order chi connectivity index (χ0) is 55.7. The monoisotopic (exact) mass is 1080 g/mol. The molecule has 0 radical (unpaired) electrons. The van der Waals surface area contributed by atoms with Gasteiger partial charge in [0.15, 0.2) is 6.10 Å². The van der Waals surface area contributed by atoms with Gasteiger partial charge in [-0.25, -0.2) is 0 Å². The van der Waals surface area contributed by atoms with Crippen molar-refractivity contribution in [2.45, 2.75) is 374 Å². The standard InChI is InChI=1S/C71H130O6/c1-4-7-10-13-16-19-22-24-26-28-30-32-33-34-35-36-37-38-39-40-42-43-45-47-49-52-55-58-61-64-70(73)76-67-68(66-75-69(72)63-60-57-54-51-21-18-15-12-9-6-3)77-71(74)65-62-59-56-53-50-48-46-44-41-31-29-27-25-23-20-17-14-11-8-5-2/h7,10,16,19,24,26,30,32,68H,4-6,8-9,11-15,17-18,20-23,25,27-29,31,33-67H2,1-3H3/b10-7-,19-16-,26-24-,32-30-. The van der Waals surface area contributed by atoms with Crippen molar-refractivity contribution >= 4 is 17.9 Å². The van der Waals surface area contributed by atoms with Gasteiger partial charge >= 0.3 is 17.9 Å². The van der Waals surface area contributed by atoms with Crippen LogP contribution in [0.4, 0.5) is 0 Å². The maximum atomic E-state index is 12.9. The molecule has 1 unspecified atom stereocenters. The third-order valence-corrected chi connectivity index (χ3v) is 15.3. The first kappa shape index (κ1) is 74.4. The van der Waals surface area contributed by atoms with Crippen LogP contribution in [0, 0.1) is 0 Å². The molecule has 0 bridgehead atoms. The fourth-order valence-corrected chi connectivity index (χ4v) is 10.3. The smallest absolute Gasteiger partial charge is 0.306 e. The molecule has 0 N–H and O–H groups in total. The van der Waals surface area contributed by atoms with Gasteiger partial charge in [-0.3, -0.25) is 14.4 Å². The summed E-state index contributed by atoms with van der Waals surface area (Å²) in [5.41, 5.74) is 0. The largest absolute Gasteiger partial charge is 0.462 e. The minimum Gasteiger partial charge on any atom is -0.462 e. The van der Waals surface area contributed by atoms with E-state index in [1.165, 1.54) is 244 Å². The number of carbonyl (C=O) groups excluding carboxylic acids is 3. The lowest BCUT2D eigenvalue weighted by Gasteiger charge is -2.18.